The summed E-state index contributed by atoms with van der Waals surface area (Å²) in [5.74, 6) is -2.09. The Morgan fingerprint density at radius 2 is 1.71 bits per heavy atom. The molecule has 3 aromatic rings. The quantitative estimate of drug-likeness (QED) is 0.499. The number of hydrogen-bond donors (Lipinski definition) is 1. The normalized spacial score (nSPS) is 12.6. The minimum atomic E-state index is -4.65. The molecule has 5 nitrogen and oxygen atoms in total. The average Bonchev–Trinajstić information content (AvgIpc) is 3.03. The van der Waals surface area contributed by atoms with Crippen molar-refractivity contribution in [1.29, 1.82) is 0 Å². The van der Waals surface area contributed by atoms with E-state index in [4.69, 9.17) is 0 Å². The molecule has 0 radical (unpaired) electrons. The van der Waals surface area contributed by atoms with Crippen molar-refractivity contribution in [2.24, 2.45) is 7.05 Å². The number of amides is 1. The van der Waals surface area contributed by atoms with Crippen LogP contribution in [0, 0.1) is 5.82 Å². The maximum Gasteiger partial charge on any atom is 0.451 e. The molecule has 0 spiro atoms. The molecule has 0 aliphatic rings. The fourth-order valence-corrected chi connectivity index (χ4v) is 3.41. The molecule has 1 atom stereocenters. The molecule has 1 aromatic heterocycles. The van der Waals surface area contributed by atoms with E-state index in [-0.39, 0.29) is 5.16 Å². The lowest BCUT2D eigenvalue weighted by atomic mass is 10.1. The van der Waals surface area contributed by atoms with Gasteiger partial charge in [0.1, 0.15) is 11.1 Å². The van der Waals surface area contributed by atoms with E-state index in [1.807, 2.05) is 0 Å². The lowest BCUT2D eigenvalue weighted by Gasteiger charge is -2.17. The van der Waals surface area contributed by atoms with E-state index in [2.05, 4.69) is 15.5 Å². The summed E-state index contributed by atoms with van der Waals surface area (Å²) in [5.41, 5.74) is 0.936. The van der Waals surface area contributed by atoms with Crippen molar-refractivity contribution in [3.05, 3.63) is 71.8 Å². The first-order valence-corrected chi connectivity index (χ1v) is 8.88. The van der Waals surface area contributed by atoms with Gasteiger partial charge in [-0.05, 0) is 29.8 Å². The zero-order valence-electron chi connectivity index (χ0n) is 14.4. The largest absolute Gasteiger partial charge is 0.451 e. The zero-order valence-corrected chi connectivity index (χ0v) is 15.3. The molecule has 1 N–H and O–H groups in total. The van der Waals surface area contributed by atoms with Crippen molar-refractivity contribution in [2.75, 3.05) is 5.32 Å². The minimum Gasteiger partial charge on any atom is -0.325 e. The Morgan fingerprint density at radius 1 is 1.07 bits per heavy atom. The molecular formula is C18H14F4N4OS. The molecule has 0 bridgehead atoms. The molecule has 1 amide bonds. The predicted molar refractivity (Wildman–Crippen MR) is 96.1 cm³/mol. The number of rotatable bonds is 5. The zero-order chi connectivity index (χ0) is 20.3. The van der Waals surface area contributed by atoms with Crippen LogP contribution in [0.1, 0.15) is 16.6 Å². The van der Waals surface area contributed by atoms with Gasteiger partial charge in [-0.2, -0.15) is 13.2 Å². The van der Waals surface area contributed by atoms with Crippen LogP contribution in [-0.4, -0.2) is 20.7 Å². The second kappa shape index (κ2) is 8.01. The smallest absolute Gasteiger partial charge is 0.325 e. The number of carbonyl (C=O) groups is 1. The van der Waals surface area contributed by atoms with Gasteiger partial charge in [0.2, 0.25) is 11.7 Å². The van der Waals surface area contributed by atoms with Crippen molar-refractivity contribution in [2.45, 2.75) is 16.6 Å². The highest BCUT2D eigenvalue weighted by molar-refractivity contribution is 8.00. The summed E-state index contributed by atoms with van der Waals surface area (Å²) < 4.78 is 52.7. The molecule has 1 heterocycles. The van der Waals surface area contributed by atoms with Crippen molar-refractivity contribution in [3.63, 3.8) is 0 Å². The van der Waals surface area contributed by atoms with Gasteiger partial charge in [-0.3, -0.25) is 4.79 Å². The number of nitrogens with one attached hydrogen (secondary N) is 1. The van der Waals surface area contributed by atoms with Crippen LogP contribution in [0.4, 0.5) is 23.2 Å². The van der Waals surface area contributed by atoms with Crippen LogP contribution in [0.15, 0.2) is 59.8 Å². The van der Waals surface area contributed by atoms with Gasteiger partial charge in [-0.25, -0.2) is 4.39 Å². The van der Waals surface area contributed by atoms with E-state index >= 15 is 0 Å². The van der Waals surface area contributed by atoms with Crippen LogP contribution in [0.2, 0.25) is 0 Å². The summed E-state index contributed by atoms with van der Waals surface area (Å²) in [6.45, 7) is 0. The fourth-order valence-electron chi connectivity index (χ4n) is 2.41. The highest BCUT2D eigenvalue weighted by Gasteiger charge is 2.38. The number of anilines is 1. The van der Waals surface area contributed by atoms with Gasteiger partial charge in [-0.1, -0.05) is 42.1 Å². The third-order valence-corrected chi connectivity index (χ3v) is 5.05. The molecule has 3 rings (SSSR count). The van der Waals surface area contributed by atoms with Crippen molar-refractivity contribution >= 4 is 23.4 Å². The van der Waals surface area contributed by atoms with E-state index < -0.39 is 29.0 Å². The number of nitrogens with zero attached hydrogens (tertiary/aromatic N) is 3. The third kappa shape index (κ3) is 4.50. The monoisotopic (exact) mass is 410 g/mol. The molecule has 146 valence electrons. The summed E-state index contributed by atoms with van der Waals surface area (Å²) in [6.07, 6.45) is -4.65. The number of aromatic nitrogens is 3. The Bertz CT molecular complexity index is 958. The Labute approximate surface area is 161 Å². The number of carbonyl (C=O) groups excluding carboxylic acids is 1. The van der Waals surface area contributed by atoms with Crippen molar-refractivity contribution in [1.82, 2.24) is 14.8 Å². The first-order chi connectivity index (χ1) is 13.3. The van der Waals surface area contributed by atoms with Crippen LogP contribution in [0.5, 0.6) is 0 Å². The van der Waals surface area contributed by atoms with Gasteiger partial charge in [0.25, 0.3) is 0 Å². The molecule has 10 heteroatoms. The van der Waals surface area contributed by atoms with E-state index in [0.717, 1.165) is 16.3 Å². The molecule has 2 aromatic carbocycles. The summed E-state index contributed by atoms with van der Waals surface area (Å²) >= 11 is 0.839. The Hall–Kier alpha value is -2.88. The molecular weight excluding hydrogens is 396 g/mol. The van der Waals surface area contributed by atoms with Crippen LogP contribution in [0.3, 0.4) is 0 Å². The van der Waals surface area contributed by atoms with Gasteiger partial charge in [0, 0.05) is 12.7 Å². The number of thioether (sulfide) groups is 1. The number of halogens is 4. The van der Waals surface area contributed by atoms with Gasteiger partial charge >= 0.3 is 6.18 Å². The van der Waals surface area contributed by atoms with Gasteiger partial charge in [0.05, 0.1) is 0 Å². The Morgan fingerprint density at radius 3 is 2.29 bits per heavy atom. The van der Waals surface area contributed by atoms with E-state index in [9.17, 15) is 22.4 Å². The van der Waals surface area contributed by atoms with Gasteiger partial charge < -0.3 is 9.88 Å². The summed E-state index contributed by atoms with van der Waals surface area (Å²) in [6, 6.07) is 13.7. The predicted octanol–water partition coefficient (Wildman–Crippen LogP) is 4.45. The van der Waals surface area contributed by atoms with Crippen molar-refractivity contribution in [3.8, 4) is 0 Å². The molecule has 0 aliphatic carbocycles. The topological polar surface area (TPSA) is 59.8 Å². The van der Waals surface area contributed by atoms with Crippen molar-refractivity contribution < 1.29 is 22.4 Å². The van der Waals surface area contributed by atoms with E-state index in [1.165, 1.54) is 31.3 Å². The minimum absolute atomic E-state index is 0.0598. The third-order valence-electron chi connectivity index (χ3n) is 3.76. The average molecular weight is 410 g/mol. The summed E-state index contributed by atoms with van der Waals surface area (Å²) in [5, 5.41) is 8.44. The lowest BCUT2D eigenvalue weighted by molar-refractivity contribution is -0.147. The second-order valence-corrected chi connectivity index (χ2v) is 6.84. The highest BCUT2D eigenvalue weighted by Crippen LogP contribution is 2.37. The summed E-state index contributed by atoms with van der Waals surface area (Å²) in [4.78, 5) is 12.8. The lowest BCUT2D eigenvalue weighted by Crippen LogP contribution is -2.20. The molecule has 0 fully saturated rings. The maximum atomic E-state index is 13.1. The maximum absolute atomic E-state index is 13.1. The standard InChI is InChI=1S/C18H14F4N4OS/c1-26-16(18(20,21)22)24-25-17(26)28-14(11-5-3-2-4-6-11)15(27)23-13-9-7-12(19)8-10-13/h2-10,14H,1H3,(H,23,27). The Kier molecular flexibility index (Phi) is 5.68. The summed E-state index contributed by atoms with van der Waals surface area (Å²) in [7, 11) is 1.19. The Balaban J connectivity index is 1.89. The van der Waals surface area contributed by atoms with Crippen LogP contribution >= 0.6 is 11.8 Å². The van der Waals surface area contributed by atoms with Gasteiger partial charge in [0.15, 0.2) is 5.16 Å². The van der Waals surface area contributed by atoms with Crippen LogP contribution < -0.4 is 5.32 Å². The second-order valence-electron chi connectivity index (χ2n) is 5.77. The first kappa shape index (κ1) is 19.9. The number of alkyl halides is 3. The molecule has 0 aliphatic heterocycles. The molecule has 1 unspecified atom stereocenters. The van der Waals surface area contributed by atoms with Crippen LogP contribution in [-0.2, 0) is 18.0 Å². The number of hydrogen-bond acceptors (Lipinski definition) is 4. The molecule has 28 heavy (non-hydrogen) atoms. The fraction of sp³-hybridized carbons (Fsp3) is 0.167. The SMILES string of the molecule is Cn1c(SC(C(=O)Nc2ccc(F)cc2)c2ccccc2)nnc1C(F)(F)F. The molecule has 0 saturated heterocycles. The van der Waals surface area contributed by atoms with Crippen LogP contribution in [0.25, 0.3) is 0 Å². The van der Waals surface area contributed by atoms with E-state index in [0.29, 0.717) is 11.3 Å². The highest BCUT2D eigenvalue weighted by atomic mass is 32.2. The van der Waals surface area contributed by atoms with Gasteiger partial charge in [-0.15, -0.1) is 10.2 Å². The first-order valence-electron chi connectivity index (χ1n) is 8.00. The number of benzene rings is 2. The molecule has 0 saturated carbocycles. The van der Waals surface area contributed by atoms with E-state index in [1.54, 1.807) is 30.3 Å².